The molecule has 2 rings (SSSR count). The lowest BCUT2D eigenvalue weighted by Crippen LogP contribution is -2.04. The summed E-state index contributed by atoms with van der Waals surface area (Å²) in [5.41, 5.74) is 1.92. The molecule has 1 heterocycles. The molecule has 0 saturated carbocycles. The second-order valence-corrected chi connectivity index (χ2v) is 4.44. The van der Waals surface area contributed by atoms with Crippen LogP contribution in [0, 0.1) is 6.92 Å². The van der Waals surface area contributed by atoms with Gasteiger partial charge in [0.25, 0.3) is 0 Å². The van der Waals surface area contributed by atoms with Crippen molar-refractivity contribution in [1.29, 1.82) is 0 Å². The van der Waals surface area contributed by atoms with Crippen molar-refractivity contribution in [2.24, 2.45) is 7.05 Å². The van der Waals surface area contributed by atoms with E-state index in [1.54, 1.807) is 13.1 Å². The van der Waals surface area contributed by atoms with Crippen molar-refractivity contribution in [1.82, 2.24) is 9.55 Å². The maximum Gasteiger partial charge on any atom is 0.146 e. The number of ether oxygens (including phenoxy) is 1. The number of hydrogen-bond donors (Lipinski definition) is 1. The van der Waals surface area contributed by atoms with Crippen molar-refractivity contribution in [2.75, 3.05) is 0 Å². The molecule has 1 atom stereocenters. The number of aliphatic hydroxyl groups excluding tert-OH is 1. The minimum Gasteiger partial charge on any atom is -0.485 e. The highest BCUT2D eigenvalue weighted by Gasteiger charge is 2.06. The maximum atomic E-state index is 9.50. The van der Waals surface area contributed by atoms with Crippen LogP contribution in [0.1, 0.15) is 30.0 Å². The summed E-state index contributed by atoms with van der Waals surface area (Å²) in [5, 5.41) is 9.50. The third-order valence-electron chi connectivity index (χ3n) is 2.96. The van der Waals surface area contributed by atoms with Gasteiger partial charge < -0.3 is 14.4 Å². The second-order valence-electron chi connectivity index (χ2n) is 4.44. The van der Waals surface area contributed by atoms with Crippen LogP contribution in [-0.4, -0.2) is 14.7 Å². The molecule has 4 nitrogen and oxygen atoms in total. The van der Waals surface area contributed by atoms with Gasteiger partial charge in [0.2, 0.25) is 0 Å². The highest BCUT2D eigenvalue weighted by Crippen LogP contribution is 2.23. The lowest BCUT2D eigenvalue weighted by atomic mass is 10.1. The largest absolute Gasteiger partial charge is 0.485 e. The maximum absolute atomic E-state index is 9.50. The smallest absolute Gasteiger partial charge is 0.146 e. The van der Waals surface area contributed by atoms with Gasteiger partial charge in [-0.2, -0.15) is 0 Å². The Balaban J connectivity index is 2.08. The van der Waals surface area contributed by atoms with Gasteiger partial charge in [0, 0.05) is 19.4 Å². The summed E-state index contributed by atoms with van der Waals surface area (Å²) in [6.45, 7) is 4.17. The van der Waals surface area contributed by atoms with E-state index in [-0.39, 0.29) is 0 Å². The SMILES string of the molecule is Cc1cc(C(C)O)ccc1OCc1nccn1C. The zero-order valence-electron chi connectivity index (χ0n) is 10.9. The first-order valence-electron chi connectivity index (χ1n) is 5.95. The lowest BCUT2D eigenvalue weighted by Gasteiger charge is -2.11. The minimum absolute atomic E-state index is 0.443. The number of aryl methyl sites for hydroxylation is 2. The topological polar surface area (TPSA) is 47.3 Å². The standard InChI is InChI=1S/C14H18N2O2/c1-10-8-12(11(2)17)4-5-13(10)18-9-14-15-6-7-16(14)3/h4-8,11,17H,9H2,1-3H3. The Labute approximate surface area is 107 Å². The summed E-state index contributed by atoms with van der Waals surface area (Å²) < 4.78 is 7.66. The first-order valence-corrected chi connectivity index (χ1v) is 5.95. The highest BCUT2D eigenvalue weighted by molar-refractivity contribution is 5.36. The van der Waals surface area contributed by atoms with Crippen LogP contribution < -0.4 is 4.74 Å². The summed E-state index contributed by atoms with van der Waals surface area (Å²) in [7, 11) is 1.94. The molecule has 0 amide bonds. The molecule has 1 unspecified atom stereocenters. The Hall–Kier alpha value is -1.81. The van der Waals surface area contributed by atoms with Crippen LogP contribution in [0.25, 0.3) is 0 Å². The number of imidazole rings is 1. The van der Waals surface area contributed by atoms with Crippen LogP contribution in [0.4, 0.5) is 0 Å². The second kappa shape index (κ2) is 5.23. The molecule has 18 heavy (non-hydrogen) atoms. The molecule has 0 aliphatic rings. The van der Waals surface area contributed by atoms with Crippen LogP contribution in [-0.2, 0) is 13.7 Å². The van der Waals surface area contributed by atoms with Crippen LogP contribution in [0.15, 0.2) is 30.6 Å². The zero-order chi connectivity index (χ0) is 13.1. The van der Waals surface area contributed by atoms with Crippen molar-refractivity contribution < 1.29 is 9.84 Å². The Kier molecular flexibility index (Phi) is 3.67. The van der Waals surface area contributed by atoms with E-state index < -0.39 is 6.10 Å². The van der Waals surface area contributed by atoms with Gasteiger partial charge in [0.05, 0.1) is 6.10 Å². The molecule has 1 aromatic carbocycles. The van der Waals surface area contributed by atoms with E-state index in [1.165, 1.54) is 0 Å². The molecule has 0 bridgehead atoms. The monoisotopic (exact) mass is 246 g/mol. The fraction of sp³-hybridized carbons (Fsp3) is 0.357. The van der Waals surface area contributed by atoms with Gasteiger partial charge in [-0.25, -0.2) is 4.98 Å². The van der Waals surface area contributed by atoms with Crippen LogP contribution in [0.2, 0.25) is 0 Å². The van der Waals surface area contributed by atoms with E-state index in [2.05, 4.69) is 4.98 Å². The number of hydrogen-bond acceptors (Lipinski definition) is 3. The molecule has 4 heteroatoms. The number of aliphatic hydroxyl groups is 1. The van der Waals surface area contributed by atoms with Gasteiger partial charge in [-0.3, -0.25) is 0 Å². The minimum atomic E-state index is -0.452. The molecule has 1 N–H and O–H groups in total. The molecule has 96 valence electrons. The Morgan fingerprint density at radius 3 is 2.78 bits per heavy atom. The van der Waals surface area contributed by atoms with Crippen LogP contribution in [0.3, 0.4) is 0 Å². The lowest BCUT2D eigenvalue weighted by molar-refractivity contribution is 0.199. The molecule has 0 aliphatic heterocycles. The van der Waals surface area contributed by atoms with Crippen molar-refractivity contribution in [3.63, 3.8) is 0 Å². The third kappa shape index (κ3) is 2.71. The van der Waals surface area contributed by atoms with E-state index >= 15 is 0 Å². The van der Waals surface area contributed by atoms with Crippen molar-refractivity contribution in [2.45, 2.75) is 26.6 Å². The fourth-order valence-corrected chi connectivity index (χ4v) is 1.77. The van der Waals surface area contributed by atoms with Gasteiger partial charge >= 0.3 is 0 Å². The van der Waals surface area contributed by atoms with Crippen LogP contribution in [0.5, 0.6) is 5.75 Å². The fourth-order valence-electron chi connectivity index (χ4n) is 1.77. The average Bonchev–Trinajstić information content (AvgIpc) is 2.73. The molecule has 0 spiro atoms. The Bertz CT molecular complexity index is 532. The van der Waals surface area contributed by atoms with Gasteiger partial charge in [0.15, 0.2) is 0 Å². The Morgan fingerprint density at radius 2 is 2.22 bits per heavy atom. The number of nitrogens with zero attached hydrogens (tertiary/aromatic N) is 2. The molecule has 1 aromatic heterocycles. The van der Waals surface area contributed by atoms with Gasteiger partial charge in [0.1, 0.15) is 18.2 Å². The molecule has 2 aromatic rings. The normalized spacial score (nSPS) is 12.4. The highest BCUT2D eigenvalue weighted by atomic mass is 16.5. The van der Waals surface area contributed by atoms with Crippen molar-refractivity contribution in [3.05, 3.63) is 47.5 Å². The number of benzene rings is 1. The zero-order valence-corrected chi connectivity index (χ0v) is 10.9. The van der Waals surface area contributed by atoms with Gasteiger partial charge in [-0.05, 0) is 37.1 Å². The van der Waals surface area contributed by atoms with E-state index in [4.69, 9.17) is 4.74 Å². The summed E-state index contributed by atoms with van der Waals surface area (Å²) in [5.74, 6) is 1.71. The molecule has 0 saturated heterocycles. The molecule has 0 radical (unpaired) electrons. The third-order valence-corrected chi connectivity index (χ3v) is 2.96. The molecular weight excluding hydrogens is 228 g/mol. The number of aromatic nitrogens is 2. The summed E-state index contributed by atoms with van der Waals surface area (Å²) in [6.07, 6.45) is 3.19. The van der Waals surface area contributed by atoms with Crippen LogP contribution >= 0.6 is 0 Å². The average molecular weight is 246 g/mol. The van der Waals surface area contributed by atoms with Crippen molar-refractivity contribution >= 4 is 0 Å². The summed E-state index contributed by atoms with van der Waals surface area (Å²) in [6, 6.07) is 5.71. The van der Waals surface area contributed by atoms with E-state index in [1.807, 2.05) is 42.9 Å². The van der Waals surface area contributed by atoms with Crippen molar-refractivity contribution in [3.8, 4) is 5.75 Å². The summed E-state index contributed by atoms with van der Waals surface area (Å²) >= 11 is 0. The predicted molar refractivity (Wildman–Crippen MR) is 69.4 cm³/mol. The number of rotatable bonds is 4. The molecular formula is C14H18N2O2. The van der Waals surface area contributed by atoms with E-state index in [0.29, 0.717) is 6.61 Å². The summed E-state index contributed by atoms with van der Waals surface area (Å²) in [4.78, 5) is 4.20. The van der Waals surface area contributed by atoms with Gasteiger partial charge in [-0.15, -0.1) is 0 Å². The van der Waals surface area contributed by atoms with E-state index in [9.17, 15) is 5.11 Å². The van der Waals surface area contributed by atoms with E-state index in [0.717, 1.165) is 22.7 Å². The predicted octanol–water partition coefficient (Wildman–Crippen LogP) is 2.36. The molecule has 0 aliphatic carbocycles. The quantitative estimate of drug-likeness (QED) is 0.900. The first-order chi connectivity index (χ1) is 8.58. The van der Waals surface area contributed by atoms with Gasteiger partial charge in [-0.1, -0.05) is 6.07 Å². The first kappa shape index (κ1) is 12.6. The Morgan fingerprint density at radius 1 is 1.44 bits per heavy atom. The molecule has 0 fully saturated rings.